The molecule has 4 N–H and O–H groups in total. The molecule has 1 unspecified atom stereocenters. The summed E-state index contributed by atoms with van der Waals surface area (Å²) in [4.78, 5) is 10.5. The largest absolute Gasteiger partial charge is 0.468 e. The van der Waals surface area contributed by atoms with Gasteiger partial charge in [0.1, 0.15) is 6.04 Å². The number of carbonyl (C=O) groups is 1. The van der Waals surface area contributed by atoms with Crippen molar-refractivity contribution < 1.29 is 9.53 Å². The number of carbonyl (C=O) groups excluding carboxylic acids is 1. The van der Waals surface area contributed by atoms with Gasteiger partial charge in [0.15, 0.2) is 0 Å². The summed E-state index contributed by atoms with van der Waals surface area (Å²) in [6.07, 6.45) is 0. The maximum absolute atomic E-state index is 10.5. The molecule has 0 rings (SSSR count). The molecule has 0 bridgehead atoms. The van der Waals surface area contributed by atoms with Gasteiger partial charge in [0.25, 0.3) is 0 Å². The summed E-state index contributed by atoms with van der Waals surface area (Å²) >= 11 is 0. The van der Waals surface area contributed by atoms with Gasteiger partial charge in [-0.05, 0) is 0 Å². The van der Waals surface area contributed by atoms with Gasteiger partial charge in [0.05, 0.1) is 7.11 Å². The highest BCUT2D eigenvalue weighted by molar-refractivity contribution is 5.85. The third-order valence-electron chi connectivity index (χ3n) is 0.855. The lowest BCUT2D eigenvalue weighted by atomic mass is 10.2. The molecule has 0 aliphatic carbocycles. The zero-order chi connectivity index (χ0) is 7.44. The fourth-order valence-corrected chi connectivity index (χ4v) is 0.278. The zero-order valence-corrected chi connectivity index (χ0v) is 7.71. The van der Waals surface area contributed by atoms with Crippen LogP contribution in [0.25, 0.3) is 0 Å². The first-order valence-electron chi connectivity index (χ1n) is 2.37. The number of rotatable bonds is 2. The molecule has 4 nitrogen and oxygen atoms in total. The van der Waals surface area contributed by atoms with Crippen molar-refractivity contribution in [2.75, 3.05) is 7.11 Å². The molecule has 0 radical (unpaired) electrons. The summed E-state index contributed by atoms with van der Waals surface area (Å²) in [5.41, 5.74) is 10.4. The molecule has 0 saturated carbocycles. The van der Waals surface area contributed by atoms with Crippen LogP contribution in [0.5, 0.6) is 0 Å². The van der Waals surface area contributed by atoms with Gasteiger partial charge < -0.3 is 16.2 Å². The molecular formula is C5H12Cl2N2O2. The number of methoxy groups -OCH3 is 1. The van der Waals surface area contributed by atoms with Crippen molar-refractivity contribution in [3.63, 3.8) is 0 Å². The Labute approximate surface area is 77.8 Å². The van der Waals surface area contributed by atoms with Gasteiger partial charge in [-0.25, -0.2) is 4.79 Å². The molecule has 6 heteroatoms. The number of halogens is 2. The molecule has 0 heterocycles. The smallest absolute Gasteiger partial charge is 0.328 e. The lowest BCUT2D eigenvalue weighted by molar-refractivity contribution is -0.141. The van der Waals surface area contributed by atoms with E-state index in [1.54, 1.807) is 0 Å². The van der Waals surface area contributed by atoms with E-state index < -0.39 is 12.0 Å². The number of nitrogens with two attached hydrogens (primary N) is 2. The van der Waals surface area contributed by atoms with E-state index in [1.807, 2.05) is 0 Å². The van der Waals surface area contributed by atoms with Gasteiger partial charge in [-0.3, -0.25) is 0 Å². The highest BCUT2D eigenvalue weighted by Gasteiger charge is 2.13. The topological polar surface area (TPSA) is 78.3 Å². The lowest BCUT2D eigenvalue weighted by Crippen LogP contribution is -2.36. The minimum Gasteiger partial charge on any atom is -0.468 e. The van der Waals surface area contributed by atoms with Crippen molar-refractivity contribution in [3.8, 4) is 0 Å². The van der Waals surface area contributed by atoms with Crippen LogP contribution in [0.1, 0.15) is 0 Å². The molecule has 0 spiro atoms. The number of hydrogen-bond donors (Lipinski definition) is 2. The van der Waals surface area contributed by atoms with Crippen LogP contribution < -0.4 is 11.5 Å². The molecule has 68 valence electrons. The summed E-state index contributed by atoms with van der Waals surface area (Å²) in [6.45, 7) is 3.28. The predicted octanol–water partition coefficient (Wildman–Crippen LogP) is -0.197. The molecule has 0 saturated heterocycles. The first-order valence-corrected chi connectivity index (χ1v) is 2.37. The van der Waals surface area contributed by atoms with E-state index in [2.05, 4.69) is 11.3 Å². The highest BCUT2D eigenvalue weighted by Crippen LogP contribution is 1.88. The number of hydrogen-bond acceptors (Lipinski definition) is 4. The SMILES string of the molecule is C=C(N)C(N)C(=O)OC.Cl.Cl. The minimum absolute atomic E-state index is 0. The summed E-state index contributed by atoms with van der Waals surface area (Å²) in [5.74, 6) is -0.567. The molecule has 0 aliphatic heterocycles. The fourth-order valence-electron chi connectivity index (χ4n) is 0.278. The van der Waals surface area contributed by atoms with E-state index in [-0.39, 0.29) is 30.5 Å². The third-order valence-corrected chi connectivity index (χ3v) is 0.855. The van der Waals surface area contributed by atoms with Crippen LogP contribution >= 0.6 is 24.8 Å². The van der Waals surface area contributed by atoms with Crippen LogP contribution in [0.3, 0.4) is 0 Å². The van der Waals surface area contributed by atoms with Gasteiger partial charge in [-0.1, -0.05) is 6.58 Å². The van der Waals surface area contributed by atoms with E-state index >= 15 is 0 Å². The van der Waals surface area contributed by atoms with Crippen molar-refractivity contribution in [3.05, 3.63) is 12.3 Å². The fraction of sp³-hybridized carbons (Fsp3) is 0.400. The average Bonchev–Trinajstić information content (AvgIpc) is 1.84. The second-order valence-corrected chi connectivity index (χ2v) is 1.58. The van der Waals surface area contributed by atoms with E-state index in [1.165, 1.54) is 7.11 Å². The Morgan fingerprint density at radius 2 is 1.91 bits per heavy atom. The quantitative estimate of drug-likeness (QED) is 0.609. The number of esters is 1. The Morgan fingerprint density at radius 1 is 1.55 bits per heavy atom. The van der Waals surface area contributed by atoms with Gasteiger partial charge in [0.2, 0.25) is 0 Å². The maximum Gasteiger partial charge on any atom is 0.328 e. The van der Waals surface area contributed by atoms with Crippen molar-refractivity contribution in [1.29, 1.82) is 0 Å². The van der Waals surface area contributed by atoms with E-state index in [0.717, 1.165) is 0 Å². The van der Waals surface area contributed by atoms with Gasteiger partial charge in [0, 0.05) is 5.70 Å². The summed E-state index contributed by atoms with van der Waals surface area (Å²) < 4.78 is 4.27. The lowest BCUT2D eigenvalue weighted by Gasteiger charge is -2.06. The second-order valence-electron chi connectivity index (χ2n) is 1.58. The monoisotopic (exact) mass is 202 g/mol. The first kappa shape index (κ1) is 16.9. The summed E-state index contributed by atoms with van der Waals surface area (Å²) in [5, 5.41) is 0. The Morgan fingerprint density at radius 3 is 2.00 bits per heavy atom. The zero-order valence-electron chi connectivity index (χ0n) is 6.07. The molecule has 1 atom stereocenters. The second kappa shape index (κ2) is 7.65. The minimum atomic E-state index is -0.894. The van der Waals surface area contributed by atoms with Crippen LogP contribution in [0, 0.1) is 0 Å². The van der Waals surface area contributed by atoms with Crippen molar-refractivity contribution in [1.82, 2.24) is 0 Å². The Kier molecular flexibility index (Phi) is 11.7. The number of ether oxygens (including phenoxy) is 1. The van der Waals surface area contributed by atoms with Crippen LogP contribution in [-0.4, -0.2) is 19.1 Å². The van der Waals surface area contributed by atoms with E-state index in [0.29, 0.717) is 0 Å². The molecule has 0 amide bonds. The van der Waals surface area contributed by atoms with Crippen molar-refractivity contribution >= 4 is 30.8 Å². The van der Waals surface area contributed by atoms with Crippen LogP contribution in [0.4, 0.5) is 0 Å². The van der Waals surface area contributed by atoms with E-state index in [9.17, 15) is 4.79 Å². The average molecular weight is 203 g/mol. The van der Waals surface area contributed by atoms with Crippen LogP contribution in [-0.2, 0) is 9.53 Å². The summed E-state index contributed by atoms with van der Waals surface area (Å²) in [6, 6.07) is -0.894. The molecule has 0 aromatic heterocycles. The van der Waals surface area contributed by atoms with Gasteiger partial charge >= 0.3 is 5.97 Å². The Hall–Kier alpha value is -0.450. The molecule has 0 fully saturated rings. The predicted molar refractivity (Wildman–Crippen MR) is 47.8 cm³/mol. The third kappa shape index (κ3) is 5.97. The molecule has 11 heavy (non-hydrogen) atoms. The molecule has 0 aromatic rings. The Bertz CT molecular complexity index is 140. The van der Waals surface area contributed by atoms with Crippen molar-refractivity contribution in [2.24, 2.45) is 11.5 Å². The van der Waals surface area contributed by atoms with E-state index in [4.69, 9.17) is 11.5 Å². The highest BCUT2D eigenvalue weighted by atomic mass is 35.5. The van der Waals surface area contributed by atoms with Gasteiger partial charge in [-0.2, -0.15) is 0 Å². The van der Waals surface area contributed by atoms with Gasteiger partial charge in [-0.15, -0.1) is 24.8 Å². The molecule has 0 aliphatic rings. The standard InChI is InChI=1S/C5H10N2O2.2ClH/c1-3(6)4(7)5(8)9-2;;/h4H,1,6-7H2,2H3;2*1H. The van der Waals surface area contributed by atoms with Crippen LogP contribution in [0.2, 0.25) is 0 Å². The molecule has 0 aromatic carbocycles. The van der Waals surface area contributed by atoms with Crippen LogP contribution in [0.15, 0.2) is 12.3 Å². The normalized spacial score (nSPS) is 10.0. The first-order chi connectivity index (χ1) is 4.09. The summed E-state index contributed by atoms with van der Waals surface area (Å²) in [7, 11) is 1.24. The maximum atomic E-state index is 10.5. The Balaban J connectivity index is -0.000000320. The van der Waals surface area contributed by atoms with Crippen molar-refractivity contribution in [2.45, 2.75) is 6.04 Å². The molecular weight excluding hydrogens is 191 g/mol.